The third kappa shape index (κ3) is 3.26. The second-order valence-electron chi connectivity index (χ2n) is 12.4. The second-order valence-corrected chi connectivity index (χ2v) is 12.4. The van der Waals surface area contributed by atoms with E-state index in [1.807, 2.05) is 4.90 Å². The lowest BCUT2D eigenvalue weighted by atomic mass is 9.50. The van der Waals surface area contributed by atoms with Crippen molar-refractivity contribution in [3.63, 3.8) is 0 Å². The molecule has 1 saturated heterocycles. The molecule has 6 bridgehead atoms. The van der Waals surface area contributed by atoms with E-state index in [4.69, 9.17) is 9.47 Å². The molecule has 4 heteroatoms. The van der Waals surface area contributed by atoms with Gasteiger partial charge in [-0.3, -0.25) is 4.90 Å². The highest BCUT2D eigenvalue weighted by molar-refractivity contribution is 5.79. The van der Waals surface area contributed by atoms with E-state index in [2.05, 4.69) is 54.6 Å². The fraction of sp³-hybridized carbons (Fsp3) is 0.531. The van der Waals surface area contributed by atoms with E-state index in [0.717, 1.165) is 36.0 Å². The highest BCUT2D eigenvalue weighted by Crippen LogP contribution is 2.59. The first kappa shape index (κ1) is 21.5. The molecule has 2 heterocycles. The molecule has 186 valence electrons. The molecule has 0 aromatic heterocycles. The zero-order valence-corrected chi connectivity index (χ0v) is 20.9. The van der Waals surface area contributed by atoms with Gasteiger partial charge in [-0.05, 0) is 90.4 Å². The number of hydrogen-bond acceptors (Lipinski definition) is 3. The molecule has 0 radical (unpaired) electrons. The summed E-state index contributed by atoms with van der Waals surface area (Å²) in [6.07, 6.45) is 10.5. The topological polar surface area (TPSA) is 38.8 Å². The van der Waals surface area contributed by atoms with Gasteiger partial charge in [-0.15, -0.1) is 0 Å². The van der Waals surface area contributed by atoms with Crippen LogP contribution in [0.25, 0.3) is 11.1 Å². The molecule has 2 aromatic rings. The van der Waals surface area contributed by atoms with Crippen molar-refractivity contribution in [1.29, 1.82) is 0 Å². The number of nitrogens with zero attached hydrogens (tertiary/aromatic N) is 1. The minimum atomic E-state index is -0.171. The lowest BCUT2D eigenvalue weighted by Crippen LogP contribution is -2.58. The largest absolute Gasteiger partial charge is 0.448 e. The molecule has 36 heavy (non-hydrogen) atoms. The Labute approximate surface area is 213 Å². The molecule has 0 N–H and O–H groups in total. The quantitative estimate of drug-likeness (QED) is 0.476. The maximum Gasteiger partial charge on any atom is 0.410 e. The van der Waals surface area contributed by atoms with Crippen molar-refractivity contribution < 1.29 is 14.3 Å². The van der Waals surface area contributed by atoms with Crippen LogP contribution in [0.3, 0.4) is 0 Å². The van der Waals surface area contributed by atoms with Crippen molar-refractivity contribution in [1.82, 2.24) is 4.90 Å². The van der Waals surface area contributed by atoms with Crippen LogP contribution in [-0.4, -0.2) is 42.9 Å². The standard InChI is InChI=1S/C32H35NO3/c34-32(36-18-30-28-7-3-1-5-26(28)27-6-2-4-8-29(27)30)33-24-14-23(15-25(33)17-35-16-24)31-21-10-19-9-20(12-21)13-22(31)11-19/h1-8,14,19-22,24-25,30-31H,9-13,15-18H2. The Hall–Kier alpha value is -2.59. The van der Waals surface area contributed by atoms with Crippen LogP contribution in [0.15, 0.2) is 60.2 Å². The van der Waals surface area contributed by atoms with E-state index < -0.39 is 0 Å². The number of amides is 1. The van der Waals surface area contributed by atoms with Gasteiger partial charge >= 0.3 is 6.09 Å². The highest BCUT2D eigenvalue weighted by atomic mass is 16.6. The van der Waals surface area contributed by atoms with Crippen LogP contribution in [0, 0.1) is 29.6 Å². The molecule has 7 aliphatic rings. The fourth-order valence-corrected chi connectivity index (χ4v) is 9.36. The van der Waals surface area contributed by atoms with E-state index in [1.165, 1.54) is 54.4 Å². The zero-order valence-electron chi connectivity index (χ0n) is 20.9. The van der Waals surface area contributed by atoms with Crippen molar-refractivity contribution in [2.24, 2.45) is 29.6 Å². The van der Waals surface area contributed by atoms with Crippen molar-refractivity contribution in [3.05, 3.63) is 71.3 Å². The molecule has 4 saturated carbocycles. The zero-order chi connectivity index (χ0) is 23.8. The number of rotatable bonds is 3. The lowest BCUT2D eigenvalue weighted by Gasteiger charge is -2.56. The first-order valence-corrected chi connectivity index (χ1v) is 14.1. The minimum Gasteiger partial charge on any atom is -0.448 e. The molecule has 2 aromatic carbocycles. The van der Waals surface area contributed by atoms with Gasteiger partial charge in [0.15, 0.2) is 0 Å². The van der Waals surface area contributed by atoms with E-state index in [9.17, 15) is 4.79 Å². The van der Waals surface area contributed by atoms with Gasteiger partial charge in [0.1, 0.15) is 6.61 Å². The van der Waals surface area contributed by atoms with Gasteiger partial charge in [0.25, 0.3) is 0 Å². The van der Waals surface area contributed by atoms with Crippen LogP contribution >= 0.6 is 0 Å². The summed E-state index contributed by atoms with van der Waals surface area (Å²) >= 11 is 0. The number of morpholine rings is 1. The molecule has 1 amide bonds. The highest BCUT2D eigenvalue weighted by Gasteiger charge is 2.51. The summed E-state index contributed by atoms with van der Waals surface area (Å²) in [5, 5.41) is 0. The molecular formula is C32H35NO3. The Morgan fingerprint density at radius 3 is 2.14 bits per heavy atom. The van der Waals surface area contributed by atoms with Gasteiger partial charge in [-0.25, -0.2) is 4.79 Å². The van der Waals surface area contributed by atoms with Gasteiger partial charge in [-0.1, -0.05) is 60.2 Å². The Bertz CT molecular complexity index is 1160. The predicted octanol–water partition coefficient (Wildman–Crippen LogP) is 6.41. The molecule has 4 nitrogen and oxygen atoms in total. The van der Waals surface area contributed by atoms with E-state index in [-0.39, 0.29) is 24.1 Å². The molecule has 2 unspecified atom stereocenters. The molecule has 2 aliphatic heterocycles. The number of ether oxygens (including phenoxy) is 2. The van der Waals surface area contributed by atoms with Gasteiger partial charge in [0.05, 0.1) is 25.3 Å². The first-order chi connectivity index (χ1) is 17.7. The van der Waals surface area contributed by atoms with Crippen LogP contribution in [0.5, 0.6) is 0 Å². The summed E-state index contributed by atoms with van der Waals surface area (Å²) in [5.74, 6) is 4.61. The Balaban J connectivity index is 1.02. The minimum absolute atomic E-state index is 0.0142. The number of carbonyl (C=O) groups excluding carboxylic acids is 1. The summed E-state index contributed by atoms with van der Waals surface area (Å²) in [6.45, 7) is 1.61. The van der Waals surface area contributed by atoms with Gasteiger partial charge in [-0.2, -0.15) is 0 Å². The van der Waals surface area contributed by atoms with Gasteiger partial charge < -0.3 is 9.47 Å². The van der Waals surface area contributed by atoms with Crippen molar-refractivity contribution in [3.8, 4) is 11.1 Å². The molecule has 5 fully saturated rings. The van der Waals surface area contributed by atoms with E-state index in [1.54, 1.807) is 5.57 Å². The Morgan fingerprint density at radius 2 is 1.50 bits per heavy atom. The van der Waals surface area contributed by atoms with E-state index in [0.29, 0.717) is 19.8 Å². The van der Waals surface area contributed by atoms with Crippen LogP contribution in [-0.2, 0) is 9.47 Å². The number of carbonyl (C=O) groups is 1. The maximum absolute atomic E-state index is 13.5. The summed E-state index contributed by atoms with van der Waals surface area (Å²) in [4.78, 5) is 15.5. The van der Waals surface area contributed by atoms with Crippen LogP contribution in [0.4, 0.5) is 4.79 Å². The average Bonchev–Trinajstić information content (AvgIpc) is 3.20. The number of hydrogen-bond donors (Lipinski definition) is 0. The SMILES string of the molecule is O=C(OCC1c2ccccc2-c2ccccc21)N1C2C=C(C3C4CC5CC(C4)CC3C5)CC1COC2. The second kappa shape index (κ2) is 8.21. The van der Waals surface area contributed by atoms with E-state index >= 15 is 0 Å². The van der Waals surface area contributed by atoms with Crippen LogP contribution < -0.4 is 0 Å². The fourth-order valence-electron chi connectivity index (χ4n) is 9.36. The number of fused-ring (bicyclic) bond motifs is 5. The van der Waals surface area contributed by atoms with Gasteiger partial charge in [0, 0.05) is 5.92 Å². The molecule has 0 spiro atoms. The third-order valence-electron chi connectivity index (χ3n) is 10.4. The Kier molecular flexibility index (Phi) is 4.90. The molecule has 5 aliphatic carbocycles. The first-order valence-electron chi connectivity index (χ1n) is 14.1. The summed E-state index contributed by atoms with van der Waals surface area (Å²) < 4.78 is 12.0. The van der Waals surface area contributed by atoms with Gasteiger partial charge in [0.2, 0.25) is 0 Å². The number of benzene rings is 2. The molecule has 2 atom stereocenters. The van der Waals surface area contributed by atoms with Crippen molar-refractivity contribution in [2.75, 3.05) is 19.8 Å². The average molecular weight is 482 g/mol. The third-order valence-corrected chi connectivity index (χ3v) is 10.4. The lowest BCUT2D eigenvalue weighted by molar-refractivity contribution is -0.0502. The van der Waals surface area contributed by atoms with Crippen molar-refractivity contribution >= 4 is 6.09 Å². The monoisotopic (exact) mass is 481 g/mol. The maximum atomic E-state index is 13.5. The van der Waals surface area contributed by atoms with Crippen molar-refractivity contribution in [2.45, 2.75) is 56.5 Å². The molecule has 9 rings (SSSR count). The summed E-state index contributed by atoms with van der Waals surface area (Å²) in [7, 11) is 0. The Morgan fingerprint density at radius 1 is 0.861 bits per heavy atom. The predicted molar refractivity (Wildman–Crippen MR) is 139 cm³/mol. The smallest absolute Gasteiger partial charge is 0.410 e. The summed E-state index contributed by atoms with van der Waals surface area (Å²) in [6, 6.07) is 17.2. The summed E-state index contributed by atoms with van der Waals surface area (Å²) in [5.41, 5.74) is 6.70. The molecular weight excluding hydrogens is 446 g/mol. The normalized spacial score (nSPS) is 35.8. The van der Waals surface area contributed by atoms with Crippen LogP contribution in [0.2, 0.25) is 0 Å². The van der Waals surface area contributed by atoms with Crippen LogP contribution in [0.1, 0.15) is 55.6 Å².